The Labute approximate surface area is 217 Å². The van der Waals surface area contributed by atoms with Crippen LogP contribution in [0.15, 0.2) is 77.0 Å². The van der Waals surface area contributed by atoms with E-state index in [9.17, 15) is 9.90 Å². The maximum Gasteiger partial charge on any atom is 0.258 e. The molecule has 0 bridgehead atoms. The molecule has 0 radical (unpaired) electrons. The number of benzene rings is 2. The highest BCUT2D eigenvalue weighted by atomic mass is 32.2. The van der Waals surface area contributed by atoms with Crippen LogP contribution < -0.4 is 20.7 Å². The molecular weight excluding hydrogens is 492 g/mol. The number of ether oxygens (including phenoxy) is 1. The number of aromatic nitrogens is 5. The third-order valence-electron chi connectivity index (χ3n) is 5.52. The quantitative estimate of drug-likeness (QED) is 0.331. The summed E-state index contributed by atoms with van der Waals surface area (Å²) in [6.07, 6.45) is 2.68. The van der Waals surface area contributed by atoms with Crippen molar-refractivity contribution in [3.8, 4) is 11.6 Å². The maximum atomic E-state index is 12.5. The van der Waals surface area contributed by atoms with E-state index in [1.54, 1.807) is 30.5 Å². The van der Waals surface area contributed by atoms with Crippen molar-refractivity contribution in [2.24, 2.45) is 0 Å². The van der Waals surface area contributed by atoms with Gasteiger partial charge in [0.05, 0.1) is 12.3 Å². The Balaban J connectivity index is 1.41. The second kappa shape index (κ2) is 11.2. The molecule has 1 aliphatic rings. The van der Waals surface area contributed by atoms with Crippen LogP contribution >= 0.6 is 11.8 Å². The number of piperidine rings is 1. The fourth-order valence-corrected chi connectivity index (χ4v) is 4.38. The van der Waals surface area contributed by atoms with Crippen molar-refractivity contribution in [3.05, 3.63) is 72.4 Å². The first-order chi connectivity index (χ1) is 18.0. The number of hydrogen-bond donors (Lipinski definition) is 3. The predicted octanol–water partition coefficient (Wildman–Crippen LogP) is 3.40. The number of para-hydroxylation sites is 1. The van der Waals surface area contributed by atoms with E-state index >= 15 is 0 Å². The summed E-state index contributed by atoms with van der Waals surface area (Å²) in [5.74, 6) is 1.11. The predicted molar refractivity (Wildman–Crippen MR) is 139 cm³/mol. The molecule has 2 aromatic carbocycles. The van der Waals surface area contributed by atoms with E-state index in [0.29, 0.717) is 48.1 Å². The van der Waals surface area contributed by atoms with E-state index in [2.05, 4.69) is 30.2 Å². The first kappa shape index (κ1) is 24.4. The van der Waals surface area contributed by atoms with Crippen molar-refractivity contribution in [1.29, 1.82) is 0 Å². The monoisotopic (exact) mass is 516 g/mol. The lowest BCUT2D eigenvalue weighted by Crippen LogP contribution is -2.36. The van der Waals surface area contributed by atoms with Gasteiger partial charge in [-0.25, -0.2) is 4.98 Å². The molecule has 11 nitrogen and oxygen atoms in total. The van der Waals surface area contributed by atoms with Gasteiger partial charge in [0.2, 0.25) is 17.1 Å². The largest absolute Gasteiger partial charge is 0.437 e. The molecule has 3 heterocycles. The first-order valence-corrected chi connectivity index (χ1v) is 12.4. The molecule has 5 rings (SSSR count). The Morgan fingerprint density at radius 2 is 1.70 bits per heavy atom. The number of nitrogen functional groups attached to an aromatic ring is 1. The molecular formula is C25H24N8O3S. The number of nitrogens with two attached hydrogens (primary N) is 1. The summed E-state index contributed by atoms with van der Waals surface area (Å²) in [6, 6.07) is 18.0. The summed E-state index contributed by atoms with van der Waals surface area (Å²) in [5, 5.41) is 13.1. The summed E-state index contributed by atoms with van der Waals surface area (Å²) >= 11 is 1.09. The second-order valence-electron chi connectivity index (χ2n) is 8.19. The van der Waals surface area contributed by atoms with E-state index in [1.165, 1.54) is 0 Å². The molecule has 0 aliphatic carbocycles. The Morgan fingerprint density at radius 1 is 1.00 bits per heavy atom. The molecule has 1 amide bonds. The van der Waals surface area contributed by atoms with Gasteiger partial charge in [-0.15, -0.1) is 0 Å². The number of carbonyl (C=O) groups excluding carboxylic acids is 1. The summed E-state index contributed by atoms with van der Waals surface area (Å²) in [4.78, 5) is 36.4. The molecule has 4 N–H and O–H groups in total. The minimum absolute atomic E-state index is 0.0193. The standard InChI is InChI=1S/C25H24N8O3S/c26-23-30-24(29-20(35)16-7-3-1-4-8-16)32-25(31-23)37-22-21(36-18-9-5-2-6-10-18)28-19(15-27-22)33-13-11-17(34)12-14-33/h1-10,15,17,34H,11-14H2,(H3,26,29,30,31,32,35). The Kier molecular flexibility index (Phi) is 7.38. The van der Waals surface area contributed by atoms with Gasteiger partial charge in [0.15, 0.2) is 10.8 Å². The van der Waals surface area contributed by atoms with Crippen molar-refractivity contribution >= 4 is 35.4 Å². The number of aliphatic hydroxyl groups is 1. The zero-order valence-corrected chi connectivity index (χ0v) is 20.5. The summed E-state index contributed by atoms with van der Waals surface area (Å²) in [6.45, 7) is 1.34. The first-order valence-electron chi connectivity index (χ1n) is 11.6. The van der Waals surface area contributed by atoms with Gasteiger partial charge in [-0.2, -0.15) is 19.9 Å². The normalized spacial score (nSPS) is 13.8. The van der Waals surface area contributed by atoms with Gasteiger partial charge in [-0.1, -0.05) is 36.4 Å². The highest BCUT2D eigenvalue weighted by Gasteiger charge is 2.22. The third-order valence-corrected chi connectivity index (χ3v) is 6.36. The third kappa shape index (κ3) is 6.29. The van der Waals surface area contributed by atoms with Crippen molar-refractivity contribution < 1.29 is 14.6 Å². The average Bonchev–Trinajstić information content (AvgIpc) is 2.91. The van der Waals surface area contributed by atoms with Gasteiger partial charge in [0.25, 0.3) is 11.8 Å². The van der Waals surface area contributed by atoms with E-state index in [0.717, 1.165) is 11.8 Å². The number of nitrogens with zero attached hydrogens (tertiary/aromatic N) is 6. The Hall–Kier alpha value is -4.29. The lowest BCUT2D eigenvalue weighted by molar-refractivity contribution is 0.102. The number of carbonyl (C=O) groups is 1. The highest BCUT2D eigenvalue weighted by molar-refractivity contribution is 7.99. The number of aliphatic hydroxyl groups excluding tert-OH is 1. The van der Waals surface area contributed by atoms with E-state index in [1.807, 2.05) is 36.4 Å². The average molecular weight is 517 g/mol. The zero-order chi connectivity index (χ0) is 25.6. The minimum atomic E-state index is -0.369. The molecule has 0 unspecified atom stereocenters. The van der Waals surface area contributed by atoms with Gasteiger partial charge < -0.3 is 20.5 Å². The number of hydrogen-bond acceptors (Lipinski definition) is 11. The molecule has 37 heavy (non-hydrogen) atoms. The van der Waals surface area contributed by atoms with Crippen LogP contribution in [0.1, 0.15) is 23.2 Å². The Bertz CT molecular complexity index is 1370. The van der Waals surface area contributed by atoms with Crippen molar-refractivity contribution in [3.63, 3.8) is 0 Å². The minimum Gasteiger partial charge on any atom is -0.437 e. The smallest absolute Gasteiger partial charge is 0.258 e. The van der Waals surface area contributed by atoms with Crippen molar-refractivity contribution in [2.75, 3.05) is 29.0 Å². The highest BCUT2D eigenvalue weighted by Crippen LogP contribution is 2.35. The summed E-state index contributed by atoms with van der Waals surface area (Å²) in [5.41, 5.74) is 6.36. The van der Waals surface area contributed by atoms with Gasteiger partial charge >= 0.3 is 0 Å². The number of anilines is 3. The van der Waals surface area contributed by atoms with Crippen LogP contribution in [0.3, 0.4) is 0 Å². The molecule has 12 heteroatoms. The molecule has 1 fully saturated rings. The molecule has 4 aromatic rings. The van der Waals surface area contributed by atoms with Crippen LogP contribution in [-0.2, 0) is 0 Å². The van der Waals surface area contributed by atoms with Crippen molar-refractivity contribution in [2.45, 2.75) is 29.1 Å². The van der Waals surface area contributed by atoms with Gasteiger partial charge in [-0.05, 0) is 48.9 Å². The van der Waals surface area contributed by atoms with E-state index in [-0.39, 0.29) is 34.9 Å². The number of rotatable bonds is 7. The van der Waals surface area contributed by atoms with Crippen LogP contribution in [0.5, 0.6) is 11.6 Å². The van der Waals surface area contributed by atoms with Gasteiger partial charge in [0.1, 0.15) is 5.75 Å². The number of nitrogens with one attached hydrogen (secondary N) is 1. The van der Waals surface area contributed by atoms with Crippen molar-refractivity contribution in [1.82, 2.24) is 24.9 Å². The molecule has 1 saturated heterocycles. The Morgan fingerprint density at radius 3 is 2.43 bits per heavy atom. The molecule has 0 saturated carbocycles. The molecule has 2 aromatic heterocycles. The summed E-state index contributed by atoms with van der Waals surface area (Å²) < 4.78 is 6.07. The molecule has 188 valence electrons. The van der Waals surface area contributed by atoms with E-state index in [4.69, 9.17) is 15.5 Å². The summed E-state index contributed by atoms with van der Waals surface area (Å²) in [7, 11) is 0. The fourth-order valence-electron chi connectivity index (χ4n) is 3.66. The van der Waals surface area contributed by atoms with Crippen LogP contribution in [0, 0.1) is 0 Å². The lowest BCUT2D eigenvalue weighted by atomic mass is 10.1. The molecule has 0 atom stereocenters. The number of amides is 1. The molecule has 0 spiro atoms. The van der Waals surface area contributed by atoms with Crippen LogP contribution in [0.25, 0.3) is 0 Å². The zero-order valence-electron chi connectivity index (χ0n) is 19.7. The van der Waals surface area contributed by atoms with Gasteiger partial charge in [-0.3, -0.25) is 10.1 Å². The van der Waals surface area contributed by atoms with E-state index < -0.39 is 0 Å². The lowest BCUT2D eigenvalue weighted by Gasteiger charge is -2.30. The van der Waals surface area contributed by atoms with Crippen LogP contribution in [0.2, 0.25) is 0 Å². The maximum absolute atomic E-state index is 12.5. The SMILES string of the molecule is Nc1nc(NC(=O)c2ccccc2)nc(Sc2ncc(N3CCC(O)CC3)nc2Oc2ccccc2)n1. The van der Waals surface area contributed by atoms with Gasteiger partial charge in [0, 0.05) is 18.7 Å². The topological polar surface area (TPSA) is 152 Å². The second-order valence-corrected chi connectivity index (χ2v) is 9.15. The molecule has 1 aliphatic heterocycles. The van der Waals surface area contributed by atoms with Crippen LogP contribution in [-0.4, -0.2) is 55.1 Å². The van der Waals surface area contributed by atoms with Crippen LogP contribution in [0.4, 0.5) is 17.7 Å². The fraction of sp³-hybridized carbons (Fsp3) is 0.200.